The van der Waals surface area contributed by atoms with Gasteiger partial charge in [0, 0.05) is 38.8 Å². The van der Waals surface area contributed by atoms with Crippen LogP contribution in [0.2, 0.25) is 0 Å². The van der Waals surface area contributed by atoms with E-state index < -0.39 is 0 Å². The van der Waals surface area contributed by atoms with Crippen molar-refractivity contribution in [2.24, 2.45) is 0 Å². The topological polar surface area (TPSA) is 65.7 Å². The van der Waals surface area contributed by atoms with Crippen molar-refractivity contribution in [2.75, 3.05) is 26.2 Å². The minimum atomic E-state index is 0.0874. The molecule has 2 amide bonds. The first-order chi connectivity index (χ1) is 13.0. The summed E-state index contributed by atoms with van der Waals surface area (Å²) in [6, 6.07) is 7.01. The highest BCUT2D eigenvalue weighted by Gasteiger charge is 2.37. The van der Waals surface area contributed by atoms with Gasteiger partial charge < -0.3 is 14.3 Å². The fourth-order valence-corrected chi connectivity index (χ4v) is 4.08. The van der Waals surface area contributed by atoms with Gasteiger partial charge >= 0.3 is 6.03 Å². The fraction of sp³-hybridized carbons (Fsp3) is 0.550. The molecular weight excluding hydrogens is 342 g/mol. The molecule has 2 aliphatic rings. The van der Waals surface area contributed by atoms with Crippen LogP contribution < -0.4 is 0 Å². The first kappa shape index (κ1) is 18.0. The SMILES string of the molecule is Cc1ccc(C)c(CN2CC[C@H](N3CCN(Cc4nc(C)no4)C3=O)C2)c1. The molecule has 27 heavy (non-hydrogen) atoms. The van der Waals surface area contributed by atoms with Crippen LogP contribution in [-0.4, -0.2) is 63.1 Å². The van der Waals surface area contributed by atoms with E-state index in [1.807, 2.05) is 4.90 Å². The second kappa shape index (κ2) is 7.31. The van der Waals surface area contributed by atoms with E-state index in [1.54, 1.807) is 11.8 Å². The van der Waals surface area contributed by atoms with E-state index >= 15 is 0 Å². The van der Waals surface area contributed by atoms with Crippen molar-refractivity contribution in [3.05, 3.63) is 46.6 Å². The molecule has 2 aliphatic heterocycles. The normalized spacial score (nSPS) is 20.9. The Morgan fingerprint density at radius 1 is 1.15 bits per heavy atom. The van der Waals surface area contributed by atoms with Crippen molar-refractivity contribution in [3.63, 3.8) is 0 Å². The molecule has 7 heteroatoms. The van der Waals surface area contributed by atoms with E-state index in [0.717, 1.165) is 32.6 Å². The van der Waals surface area contributed by atoms with Crippen molar-refractivity contribution in [1.82, 2.24) is 24.8 Å². The molecule has 3 heterocycles. The summed E-state index contributed by atoms with van der Waals surface area (Å²) in [4.78, 5) is 23.3. The number of aryl methyl sites for hydroxylation is 3. The number of carbonyl (C=O) groups is 1. The second-order valence-corrected chi connectivity index (χ2v) is 7.74. The smallest absolute Gasteiger partial charge is 0.320 e. The Bertz CT molecular complexity index is 834. The Morgan fingerprint density at radius 3 is 2.78 bits per heavy atom. The third-order valence-corrected chi connectivity index (χ3v) is 5.61. The van der Waals surface area contributed by atoms with Crippen LogP contribution >= 0.6 is 0 Å². The van der Waals surface area contributed by atoms with Crippen LogP contribution in [0.5, 0.6) is 0 Å². The minimum absolute atomic E-state index is 0.0874. The van der Waals surface area contributed by atoms with Gasteiger partial charge in [-0.15, -0.1) is 0 Å². The molecule has 0 bridgehead atoms. The van der Waals surface area contributed by atoms with Gasteiger partial charge in [0.2, 0.25) is 5.89 Å². The number of hydrogen-bond acceptors (Lipinski definition) is 5. The molecular formula is C20H27N5O2. The average molecular weight is 369 g/mol. The first-order valence-electron chi connectivity index (χ1n) is 9.63. The minimum Gasteiger partial charge on any atom is -0.337 e. The maximum Gasteiger partial charge on any atom is 0.320 e. The standard InChI is InChI=1S/C20H27N5O2/c1-14-4-5-15(2)17(10-14)11-23-7-6-18(12-23)25-9-8-24(20(25)26)13-19-21-16(3)22-27-19/h4-5,10,18H,6-9,11-13H2,1-3H3/t18-/m0/s1. The lowest BCUT2D eigenvalue weighted by Gasteiger charge is -2.25. The highest BCUT2D eigenvalue weighted by atomic mass is 16.5. The molecule has 2 fully saturated rings. The lowest BCUT2D eigenvalue weighted by Crippen LogP contribution is -2.40. The van der Waals surface area contributed by atoms with E-state index in [4.69, 9.17) is 4.52 Å². The molecule has 1 aromatic carbocycles. The molecule has 0 radical (unpaired) electrons. The van der Waals surface area contributed by atoms with Gasteiger partial charge in [0.1, 0.15) is 6.54 Å². The summed E-state index contributed by atoms with van der Waals surface area (Å²) in [6.07, 6.45) is 1.03. The van der Waals surface area contributed by atoms with Crippen LogP contribution in [0.4, 0.5) is 4.79 Å². The lowest BCUT2D eigenvalue weighted by molar-refractivity contribution is 0.170. The quantitative estimate of drug-likeness (QED) is 0.810. The summed E-state index contributed by atoms with van der Waals surface area (Å²) in [5.74, 6) is 1.11. The van der Waals surface area contributed by atoms with Crippen LogP contribution in [0.3, 0.4) is 0 Å². The predicted molar refractivity (Wildman–Crippen MR) is 101 cm³/mol. The molecule has 0 saturated carbocycles. The van der Waals surface area contributed by atoms with Gasteiger partial charge in [-0.3, -0.25) is 4.90 Å². The third-order valence-electron chi connectivity index (χ3n) is 5.61. The van der Waals surface area contributed by atoms with Gasteiger partial charge in [-0.2, -0.15) is 4.98 Å². The van der Waals surface area contributed by atoms with Crippen molar-refractivity contribution < 1.29 is 9.32 Å². The van der Waals surface area contributed by atoms with E-state index in [2.05, 4.69) is 47.1 Å². The van der Waals surface area contributed by atoms with Gasteiger partial charge in [0.15, 0.2) is 5.82 Å². The number of hydrogen-bond donors (Lipinski definition) is 0. The van der Waals surface area contributed by atoms with Crippen LogP contribution in [0.25, 0.3) is 0 Å². The summed E-state index contributed by atoms with van der Waals surface area (Å²) in [6.45, 7) is 10.9. The van der Waals surface area contributed by atoms with E-state index in [-0.39, 0.29) is 12.1 Å². The molecule has 1 atom stereocenters. The van der Waals surface area contributed by atoms with Gasteiger partial charge in [-0.25, -0.2) is 4.79 Å². The van der Waals surface area contributed by atoms with Crippen LogP contribution in [0, 0.1) is 20.8 Å². The average Bonchev–Trinajstić information content (AvgIpc) is 3.34. The summed E-state index contributed by atoms with van der Waals surface area (Å²) < 4.78 is 5.16. The van der Waals surface area contributed by atoms with Gasteiger partial charge in [-0.05, 0) is 38.3 Å². The number of carbonyl (C=O) groups excluding carboxylic acids is 1. The zero-order valence-electron chi connectivity index (χ0n) is 16.3. The fourth-order valence-electron chi connectivity index (χ4n) is 4.08. The molecule has 1 aromatic heterocycles. The van der Waals surface area contributed by atoms with Crippen molar-refractivity contribution >= 4 is 6.03 Å². The zero-order chi connectivity index (χ0) is 19.0. The van der Waals surface area contributed by atoms with Crippen molar-refractivity contribution in [2.45, 2.75) is 46.3 Å². The number of benzene rings is 1. The Labute approximate surface area is 159 Å². The zero-order valence-corrected chi connectivity index (χ0v) is 16.3. The molecule has 144 valence electrons. The highest BCUT2D eigenvalue weighted by Crippen LogP contribution is 2.24. The Hall–Kier alpha value is -2.41. The molecule has 0 unspecified atom stereocenters. The molecule has 0 aliphatic carbocycles. The van der Waals surface area contributed by atoms with E-state index in [9.17, 15) is 4.79 Å². The Morgan fingerprint density at radius 2 is 2.00 bits per heavy atom. The highest BCUT2D eigenvalue weighted by molar-refractivity contribution is 5.76. The molecule has 4 rings (SSSR count). The lowest BCUT2D eigenvalue weighted by atomic mass is 10.1. The molecule has 0 spiro atoms. The van der Waals surface area contributed by atoms with Gasteiger partial charge in [0.25, 0.3) is 0 Å². The number of amides is 2. The van der Waals surface area contributed by atoms with E-state index in [0.29, 0.717) is 24.8 Å². The maximum atomic E-state index is 12.8. The van der Waals surface area contributed by atoms with Crippen molar-refractivity contribution in [3.8, 4) is 0 Å². The van der Waals surface area contributed by atoms with E-state index in [1.165, 1.54) is 16.7 Å². The summed E-state index contributed by atoms with van der Waals surface area (Å²) >= 11 is 0. The predicted octanol–water partition coefficient (Wildman–Crippen LogP) is 2.51. The first-order valence-corrected chi connectivity index (χ1v) is 9.63. The van der Waals surface area contributed by atoms with Crippen LogP contribution in [-0.2, 0) is 13.1 Å². The summed E-state index contributed by atoms with van der Waals surface area (Å²) in [7, 11) is 0. The van der Waals surface area contributed by atoms with Crippen LogP contribution in [0.1, 0.15) is 34.8 Å². The number of aromatic nitrogens is 2. The van der Waals surface area contributed by atoms with Crippen LogP contribution in [0.15, 0.2) is 22.7 Å². The summed E-state index contributed by atoms with van der Waals surface area (Å²) in [5.41, 5.74) is 4.02. The number of likely N-dealkylation sites (tertiary alicyclic amines) is 1. The Balaban J connectivity index is 1.35. The number of nitrogens with zero attached hydrogens (tertiary/aromatic N) is 5. The maximum absolute atomic E-state index is 12.8. The van der Waals surface area contributed by atoms with Crippen molar-refractivity contribution in [1.29, 1.82) is 0 Å². The Kier molecular flexibility index (Phi) is 4.86. The largest absolute Gasteiger partial charge is 0.337 e. The molecule has 7 nitrogen and oxygen atoms in total. The number of urea groups is 1. The molecule has 2 aromatic rings. The van der Waals surface area contributed by atoms with Gasteiger partial charge in [-0.1, -0.05) is 28.9 Å². The molecule has 0 N–H and O–H groups in total. The molecule has 2 saturated heterocycles. The monoisotopic (exact) mass is 369 g/mol. The van der Waals surface area contributed by atoms with Gasteiger partial charge in [0.05, 0.1) is 0 Å². The summed E-state index contributed by atoms with van der Waals surface area (Å²) in [5, 5.41) is 3.80. The third kappa shape index (κ3) is 3.83. The number of rotatable bonds is 5. The second-order valence-electron chi connectivity index (χ2n) is 7.74.